The largest absolute Gasteiger partial charge is 0.468 e. The van der Waals surface area contributed by atoms with E-state index in [0.717, 1.165) is 31.7 Å². The van der Waals surface area contributed by atoms with Crippen molar-refractivity contribution in [2.45, 2.75) is 39.2 Å². The van der Waals surface area contributed by atoms with Crippen molar-refractivity contribution >= 4 is 21.8 Å². The summed E-state index contributed by atoms with van der Waals surface area (Å²) in [5.41, 5.74) is -2.02. The van der Waals surface area contributed by atoms with E-state index in [1.807, 2.05) is 13.8 Å². The molecule has 6 nitrogen and oxygen atoms in total. The third-order valence-electron chi connectivity index (χ3n) is 6.58. The first kappa shape index (κ1) is 20.9. The third kappa shape index (κ3) is 3.24. The van der Waals surface area contributed by atoms with Crippen LogP contribution in [0.2, 0.25) is 0 Å². The van der Waals surface area contributed by atoms with Crippen LogP contribution in [0.15, 0.2) is 18.2 Å². The molecule has 3 rings (SSSR count). The molecule has 1 aromatic rings. The number of Topliss-reactive ketones (excluding diaryl/α,β-unsaturated/α-hetero) is 1. The lowest BCUT2D eigenvalue weighted by molar-refractivity contribution is -0.142. The molecular formula is C19H23F2NO5S. The van der Waals surface area contributed by atoms with Crippen molar-refractivity contribution in [2.24, 2.45) is 16.7 Å². The van der Waals surface area contributed by atoms with Crippen LogP contribution in [0.3, 0.4) is 0 Å². The lowest BCUT2D eigenvalue weighted by Crippen LogP contribution is -2.47. The Bertz CT molecular complexity index is 930. The Kier molecular flexibility index (Phi) is 5.12. The minimum Gasteiger partial charge on any atom is -0.468 e. The van der Waals surface area contributed by atoms with Gasteiger partial charge in [0.1, 0.15) is 23.5 Å². The fraction of sp³-hybridized carbons (Fsp3) is 0.579. The highest BCUT2D eigenvalue weighted by Crippen LogP contribution is 2.64. The number of hydrogen-bond acceptors (Lipinski definition) is 5. The van der Waals surface area contributed by atoms with Crippen LogP contribution in [0.5, 0.6) is 0 Å². The Morgan fingerprint density at radius 3 is 2.57 bits per heavy atom. The minimum absolute atomic E-state index is 0.106. The van der Waals surface area contributed by atoms with Gasteiger partial charge in [0.2, 0.25) is 10.0 Å². The number of ether oxygens (including phenoxy) is 1. The van der Waals surface area contributed by atoms with E-state index in [4.69, 9.17) is 0 Å². The molecule has 2 aliphatic rings. The van der Waals surface area contributed by atoms with Gasteiger partial charge in [-0.2, -0.15) is 4.72 Å². The summed E-state index contributed by atoms with van der Waals surface area (Å²) in [4.78, 5) is 24.7. The molecule has 0 spiro atoms. The predicted octanol–water partition coefficient (Wildman–Crippen LogP) is 2.49. The molecule has 2 bridgehead atoms. The smallest absolute Gasteiger partial charge is 0.328 e. The Hall–Kier alpha value is -1.87. The van der Waals surface area contributed by atoms with E-state index in [1.54, 1.807) is 0 Å². The van der Waals surface area contributed by atoms with Crippen LogP contribution >= 0.6 is 0 Å². The first-order valence-corrected chi connectivity index (χ1v) is 10.6. The second-order valence-electron chi connectivity index (χ2n) is 8.17. The molecule has 1 N–H and O–H groups in total. The molecule has 28 heavy (non-hydrogen) atoms. The molecule has 0 aromatic heterocycles. The number of rotatable bonds is 6. The Balaban J connectivity index is 1.94. The summed E-state index contributed by atoms with van der Waals surface area (Å²) >= 11 is 0. The summed E-state index contributed by atoms with van der Waals surface area (Å²) in [6.45, 7) is 3.77. The van der Waals surface area contributed by atoms with Gasteiger partial charge in [-0.15, -0.1) is 0 Å². The number of fused-ring (bicyclic) bond motifs is 2. The summed E-state index contributed by atoms with van der Waals surface area (Å²) in [5.74, 6) is -3.35. The average molecular weight is 415 g/mol. The van der Waals surface area contributed by atoms with Gasteiger partial charge in [-0.25, -0.2) is 22.0 Å². The number of nitrogens with one attached hydrogen (secondary N) is 1. The molecular weight excluding hydrogens is 392 g/mol. The van der Waals surface area contributed by atoms with Crippen molar-refractivity contribution in [2.75, 3.05) is 12.9 Å². The van der Waals surface area contributed by atoms with E-state index in [0.29, 0.717) is 12.8 Å². The zero-order valence-corrected chi connectivity index (χ0v) is 16.7. The number of carbonyl (C=O) groups excluding carboxylic acids is 2. The molecule has 0 aliphatic heterocycles. The maximum atomic E-state index is 14.2. The normalized spacial score (nSPS) is 27.0. The molecule has 154 valence electrons. The maximum Gasteiger partial charge on any atom is 0.328 e. The number of sulfonamides is 1. The molecule has 9 heteroatoms. The lowest BCUT2D eigenvalue weighted by Gasteiger charge is -2.36. The second-order valence-corrected chi connectivity index (χ2v) is 9.92. The van der Waals surface area contributed by atoms with Crippen molar-refractivity contribution in [3.8, 4) is 0 Å². The average Bonchev–Trinajstić information content (AvgIpc) is 2.95. The summed E-state index contributed by atoms with van der Waals surface area (Å²) in [5, 5.41) is 0. The first-order chi connectivity index (χ1) is 12.9. The van der Waals surface area contributed by atoms with E-state index in [9.17, 15) is 26.8 Å². The summed E-state index contributed by atoms with van der Waals surface area (Å²) in [7, 11) is -3.19. The molecule has 2 saturated carbocycles. The van der Waals surface area contributed by atoms with Crippen LogP contribution in [-0.4, -0.2) is 33.0 Å². The lowest BCUT2D eigenvalue weighted by atomic mass is 9.70. The van der Waals surface area contributed by atoms with E-state index in [1.165, 1.54) is 0 Å². The van der Waals surface area contributed by atoms with Gasteiger partial charge in [0.15, 0.2) is 0 Å². The first-order valence-electron chi connectivity index (χ1n) is 8.99. The molecule has 2 fully saturated rings. The van der Waals surface area contributed by atoms with Gasteiger partial charge >= 0.3 is 5.97 Å². The highest BCUT2D eigenvalue weighted by molar-refractivity contribution is 7.89. The van der Waals surface area contributed by atoms with E-state index >= 15 is 0 Å². The molecule has 3 atom stereocenters. The van der Waals surface area contributed by atoms with Crippen molar-refractivity contribution in [1.82, 2.24) is 4.72 Å². The number of carbonyl (C=O) groups is 2. The van der Waals surface area contributed by atoms with Crippen molar-refractivity contribution in [3.05, 3.63) is 35.4 Å². The van der Waals surface area contributed by atoms with Crippen LogP contribution in [-0.2, 0) is 24.3 Å². The topological polar surface area (TPSA) is 89.5 Å². The van der Waals surface area contributed by atoms with Gasteiger partial charge in [0, 0.05) is 17.4 Å². The molecule has 0 radical (unpaired) electrons. The Morgan fingerprint density at radius 2 is 2.04 bits per heavy atom. The zero-order valence-electron chi connectivity index (χ0n) is 15.9. The van der Waals surface area contributed by atoms with Crippen LogP contribution in [0.25, 0.3) is 0 Å². The van der Waals surface area contributed by atoms with Crippen molar-refractivity contribution in [3.63, 3.8) is 0 Å². The summed E-state index contributed by atoms with van der Waals surface area (Å²) in [6.07, 6.45) is 1.54. The fourth-order valence-electron chi connectivity index (χ4n) is 4.75. The van der Waals surface area contributed by atoms with Crippen LogP contribution in [0.1, 0.15) is 44.7 Å². The van der Waals surface area contributed by atoms with E-state index < -0.39 is 55.8 Å². The number of halogens is 2. The number of methoxy groups -OCH3 is 1. The zero-order chi connectivity index (χ0) is 20.9. The fourth-order valence-corrected chi connectivity index (χ4v) is 6.74. The standard InChI is InChI=1S/C19H23F2NO5S/c1-18(2)11-6-7-19(18,15(23)8-11)10-28(25,26)22-16(17(24)27-3)13-9-12(20)4-5-14(13)21/h4-5,9,11,16,22H,6-8,10H2,1-3H3. The quantitative estimate of drug-likeness (QED) is 0.721. The number of benzene rings is 1. The van der Waals surface area contributed by atoms with Gasteiger partial charge in [0.25, 0.3) is 0 Å². The van der Waals surface area contributed by atoms with Crippen LogP contribution in [0, 0.1) is 28.4 Å². The molecule has 0 amide bonds. The number of hydrogen-bond donors (Lipinski definition) is 1. The summed E-state index contributed by atoms with van der Waals surface area (Å²) in [6, 6.07) is 0.657. The van der Waals surface area contributed by atoms with E-state index in [-0.39, 0.29) is 11.7 Å². The van der Waals surface area contributed by atoms with Gasteiger partial charge in [-0.1, -0.05) is 13.8 Å². The minimum atomic E-state index is -4.21. The molecule has 0 heterocycles. The second kappa shape index (κ2) is 6.88. The van der Waals surface area contributed by atoms with E-state index in [2.05, 4.69) is 9.46 Å². The van der Waals surface area contributed by atoms with Gasteiger partial charge in [-0.05, 0) is 42.4 Å². The van der Waals surface area contributed by atoms with Crippen molar-refractivity contribution in [1.29, 1.82) is 0 Å². The molecule has 3 unspecified atom stereocenters. The monoisotopic (exact) mass is 415 g/mol. The predicted molar refractivity (Wildman–Crippen MR) is 96.6 cm³/mol. The molecule has 2 aliphatic carbocycles. The van der Waals surface area contributed by atoms with Crippen molar-refractivity contribution < 1.29 is 31.5 Å². The van der Waals surface area contributed by atoms with Gasteiger partial charge < -0.3 is 4.74 Å². The Labute approximate surface area is 162 Å². The molecule has 1 aromatic carbocycles. The summed E-state index contributed by atoms with van der Waals surface area (Å²) < 4.78 is 60.3. The highest BCUT2D eigenvalue weighted by Gasteiger charge is 2.65. The van der Waals surface area contributed by atoms with Crippen LogP contribution < -0.4 is 4.72 Å². The van der Waals surface area contributed by atoms with Gasteiger partial charge in [-0.3, -0.25) is 4.79 Å². The highest BCUT2D eigenvalue weighted by atomic mass is 32.2. The SMILES string of the molecule is COC(=O)C(NS(=O)(=O)CC12CCC(CC1=O)C2(C)C)c1cc(F)ccc1F. The third-order valence-corrected chi connectivity index (χ3v) is 8.05. The maximum absolute atomic E-state index is 14.2. The molecule has 0 saturated heterocycles. The Morgan fingerprint density at radius 1 is 1.36 bits per heavy atom. The van der Waals surface area contributed by atoms with Crippen LogP contribution in [0.4, 0.5) is 8.78 Å². The number of ketones is 1. The van der Waals surface area contributed by atoms with Gasteiger partial charge in [0.05, 0.1) is 12.9 Å². The number of esters is 1.